The van der Waals surface area contributed by atoms with Crippen molar-refractivity contribution < 1.29 is 24.2 Å². The molecule has 0 aliphatic heterocycles. The van der Waals surface area contributed by atoms with Crippen LogP contribution in [0.5, 0.6) is 0 Å². The van der Waals surface area contributed by atoms with Crippen molar-refractivity contribution in [3.05, 3.63) is 126 Å². The molecule has 1 atom stereocenters. The molecule has 0 bridgehead atoms. The topological polar surface area (TPSA) is 0 Å². The molecule has 1 unspecified atom stereocenters. The van der Waals surface area contributed by atoms with Crippen LogP contribution >= 0.6 is 0 Å². The van der Waals surface area contributed by atoms with Crippen molar-refractivity contribution in [2.75, 3.05) is 0 Å². The van der Waals surface area contributed by atoms with Crippen molar-refractivity contribution >= 4 is 4.21 Å². The second-order valence-corrected chi connectivity index (χ2v) is 14.0. The molecular weight excluding hydrogens is 584 g/mol. The van der Waals surface area contributed by atoms with Crippen LogP contribution in [0.2, 0.25) is 0 Å². The number of benzene rings is 3. The van der Waals surface area contributed by atoms with Crippen molar-refractivity contribution in [2.24, 2.45) is 11.3 Å². The number of rotatable bonds is 1. The van der Waals surface area contributed by atoms with E-state index in [0.717, 1.165) is 12.8 Å². The molecule has 3 aromatic carbocycles. The third kappa shape index (κ3) is 10.6. The molecule has 0 radical (unpaired) electrons. The van der Waals surface area contributed by atoms with E-state index in [1.54, 1.807) is 0 Å². The Bertz CT molecular complexity index is 1230. The van der Waals surface area contributed by atoms with E-state index >= 15 is 0 Å². The zero-order valence-corrected chi connectivity index (χ0v) is 31.0. The van der Waals surface area contributed by atoms with E-state index in [9.17, 15) is 0 Å². The van der Waals surface area contributed by atoms with Gasteiger partial charge >= 0.3 is 28.4 Å². The molecule has 1 heteroatoms. The predicted octanol–water partition coefficient (Wildman–Crippen LogP) is 11.3. The zero-order chi connectivity index (χ0) is 31.0. The summed E-state index contributed by atoms with van der Waals surface area (Å²) in [6.45, 7) is 24.8. The van der Waals surface area contributed by atoms with Gasteiger partial charge in [0.25, 0.3) is 0 Å². The SMILES string of the molecule is CC(C)(C)c1[c-]c2c(cc1)-c1ccc(C(C)(C)C)cc1C2.CCC1=[C-]C(C)C=C1C(C)(C)C.[CH2]=[Zr].[CH3-].[c-]1ccccc1. The molecule has 0 amide bonds. The van der Waals surface area contributed by atoms with Crippen LogP contribution < -0.4 is 0 Å². The van der Waals surface area contributed by atoms with Crippen LogP contribution in [0.15, 0.2) is 77.9 Å². The van der Waals surface area contributed by atoms with Crippen molar-refractivity contribution in [3.8, 4) is 11.1 Å². The molecule has 0 N–H and O–H groups in total. The van der Waals surface area contributed by atoms with Crippen LogP contribution in [-0.2, 0) is 41.5 Å². The minimum absolute atomic E-state index is 0. The van der Waals surface area contributed by atoms with Gasteiger partial charge in [-0.15, -0.1) is 11.1 Å². The van der Waals surface area contributed by atoms with Crippen molar-refractivity contribution in [2.45, 2.75) is 99.8 Å². The molecule has 0 aromatic heterocycles. The van der Waals surface area contributed by atoms with Gasteiger partial charge in [0.05, 0.1) is 0 Å². The van der Waals surface area contributed by atoms with Crippen LogP contribution in [0.3, 0.4) is 0 Å². The fourth-order valence-electron chi connectivity index (χ4n) is 5.11. The number of hydrogen-bond donors (Lipinski definition) is 0. The summed E-state index contributed by atoms with van der Waals surface area (Å²) in [5, 5.41) is 0. The minimum atomic E-state index is 0. The van der Waals surface area contributed by atoms with Gasteiger partial charge in [-0.1, -0.05) is 118 Å². The Kier molecular flexibility index (Phi) is 14.5. The van der Waals surface area contributed by atoms with Crippen molar-refractivity contribution in [1.82, 2.24) is 0 Å². The van der Waals surface area contributed by atoms with Gasteiger partial charge in [-0.2, -0.15) is 71.8 Å². The molecule has 3 aromatic rings. The molecule has 0 saturated carbocycles. The Morgan fingerprint density at radius 3 is 1.83 bits per heavy atom. The summed E-state index contributed by atoms with van der Waals surface area (Å²) < 4.78 is 3.34. The number of hydrogen-bond acceptors (Lipinski definition) is 0. The van der Waals surface area contributed by atoms with Gasteiger partial charge in [0.15, 0.2) is 0 Å². The normalized spacial score (nSPS) is 15.0. The summed E-state index contributed by atoms with van der Waals surface area (Å²) in [5.41, 5.74) is 11.9. The van der Waals surface area contributed by atoms with Gasteiger partial charge in [0.2, 0.25) is 0 Å². The summed E-state index contributed by atoms with van der Waals surface area (Å²) >= 11 is 1.30. The molecule has 0 nitrogen and oxygen atoms in total. The Hall–Kier alpha value is -2.11. The van der Waals surface area contributed by atoms with Gasteiger partial charge in [0.1, 0.15) is 0 Å². The Morgan fingerprint density at radius 2 is 1.40 bits per heavy atom. The third-order valence-corrected chi connectivity index (χ3v) is 7.38. The first kappa shape index (κ1) is 37.9. The molecule has 5 rings (SSSR count). The smallest absolute Gasteiger partial charge is 0.171 e. The summed E-state index contributed by atoms with van der Waals surface area (Å²) in [5.74, 6) is 0.522. The van der Waals surface area contributed by atoms with E-state index in [4.69, 9.17) is 0 Å². The standard InChI is InChI=1S/C21H25.C12H19.C6H5.CH3.CH2.Zr/c1-20(2,3)16-7-9-18-14(12-16)11-15-13-17(21(4,5)6)8-10-19(15)18;1-6-10-7-9(2)8-11(10)12(3,4)5;1-2-4-6-5-3-1;;;/h7-10,12H,11H2,1-6H3;8-9H,6H2,1-5H3;1-5H;1H3;1H2;/q4*-1;;. The first-order valence-electron chi connectivity index (χ1n) is 14.9. The van der Waals surface area contributed by atoms with Gasteiger partial charge in [-0.05, 0) is 28.4 Å². The molecule has 2 aliphatic rings. The maximum absolute atomic E-state index is 3.67. The van der Waals surface area contributed by atoms with E-state index in [1.807, 2.05) is 30.3 Å². The third-order valence-electron chi connectivity index (χ3n) is 7.38. The average Bonchev–Trinajstić information content (AvgIpc) is 3.50. The molecular formula is C41H54Zr-4. The van der Waals surface area contributed by atoms with E-state index in [0.29, 0.717) is 11.3 Å². The van der Waals surface area contributed by atoms with E-state index in [1.165, 1.54) is 68.8 Å². The quantitative estimate of drug-likeness (QED) is 0.182. The van der Waals surface area contributed by atoms with Crippen LogP contribution in [0.4, 0.5) is 0 Å². The number of allylic oxidation sites excluding steroid dienone is 4. The maximum Gasteiger partial charge on any atom is -0.171 e. The number of fused-ring (bicyclic) bond motifs is 3. The van der Waals surface area contributed by atoms with Gasteiger partial charge in [-0.25, -0.2) is 5.57 Å². The maximum atomic E-state index is 3.67. The van der Waals surface area contributed by atoms with Crippen LogP contribution in [0, 0.1) is 37.0 Å². The molecule has 0 fully saturated rings. The van der Waals surface area contributed by atoms with Crippen LogP contribution in [-0.4, -0.2) is 4.21 Å². The molecule has 2 aliphatic carbocycles. The Labute approximate surface area is 275 Å². The Balaban J connectivity index is 0.000000354. The summed E-state index contributed by atoms with van der Waals surface area (Å²) in [4.78, 5) is 0. The largest absolute Gasteiger partial charge is 0.358 e. The van der Waals surface area contributed by atoms with Gasteiger partial charge < -0.3 is 7.43 Å². The van der Waals surface area contributed by atoms with Crippen LogP contribution in [0.25, 0.3) is 11.1 Å². The molecule has 42 heavy (non-hydrogen) atoms. The minimum Gasteiger partial charge on any atom is -0.358 e. The fraction of sp³-hybridized carbons (Fsp3) is 0.415. The van der Waals surface area contributed by atoms with Gasteiger partial charge in [-0.3, -0.25) is 6.08 Å². The molecule has 0 saturated heterocycles. The first-order chi connectivity index (χ1) is 19.1. The fourth-order valence-corrected chi connectivity index (χ4v) is 5.11. The van der Waals surface area contributed by atoms with Crippen molar-refractivity contribution in [3.63, 3.8) is 0 Å². The second-order valence-electron chi connectivity index (χ2n) is 14.0. The van der Waals surface area contributed by atoms with Crippen molar-refractivity contribution in [1.29, 1.82) is 0 Å². The summed E-state index contributed by atoms with van der Waals surface area (Å²) in [7, 11) is 0. The monoisotopic (exact) mass is 636 g/mol. The Morgan fingerprint density at radius 1 is 0.810 bits per heavy atom. The predicted molar refractivity (Wildman–Crippen MR) is 183 cm³/mol. The van der Waals surface area contributed by atoms with E-state index < -0.39 is 0 Å². The molecule has 0 heterocycles. The zero-order valence-electron chi connectivity index (χ0n) is 28.5. The van der Waals surface area contributed by atoms with E-state index in [2.05, 4.69) is 135 Å². The molecule has 0 spiro atoms. The molecule has 226 valence electrons. The van der Waals surface area contributed by atoms with Crippen LogP contribution in [0.1, 0.15) is 105 Å². The second kappa shape index (κ2) is 16.1. The summed E-state index contributed by atoms with van der Waals surface area (Å²) in [6, 6.07) is 27.7. The average molecular weight is 638 g/mol. The van der Waals surface area contributed by atoms with Gasteiger partial charge in [0, 0.05) is 0 Å². The van der Waals surface area contributed by atoms with E-state index in [-0.39, 0.29) is 18.3 Å². The first-order valence-corrected chi connectivity index (χ1v) is 16.7. The summed E-state index contributed by atoms with van der Waals surface area (Å²) in [6.07, 6.45) is 7.98.